The summed E-state index contributed by atoms with van der Waals surface area (Å²) >= 11 is 19.1. The van der Waals surface area contributed by atoms with Crippen LogP contribution in [0.1, 0.15) is 20.0 Å². The van der Waals surface area contributed by atoms with Gasteiger partial charge in [-0.2, -0.15) is 0 Å². The highest BCUT2D eigenvalue weighted by molar-refractivity contribution is 7.12. The number of carbonyl (C=O) groups is 2. The second-order valence-electron chi connectivity index (χ2n) is 5.34. The van der Waals surface area contributed by atoms with E-state index < -0.39 is 11.7 Å². The monoisotopic (exact) mass is 440 g/mol. The molecule has 9 heteroatoms. The zero-order valence-electron chi connectivity index (χ0n) is 13.4. The molecule has 0 radical (unpaired) electrons. The van der Waals surface area contributed by atoms with Crippen molar-refractivity contribution in [3.8, 4) is 5.75 Å². The number of anilines is 2. The molecule has 0 aliphatic carbocycles. The predicted octanol–water partition coefficient (Wildman–Crippen LogP) is 5.92. The van der Waals surface area contributed by atoms with Gasteiger partial charge < -0.3 is 15.7 Å². The molecule has 5 nitrogen and oxygen atoms in total. The number of halogens is 3. The van der Waals surface area contributed by atoms with Crippen molar-refractivity contribution in [2.75, 3.05) is 10.6 Å². The Morgan fingerprint density at radius 1 is 0.889 bits per heavy atom. The number of thiophene rings is 1. The van der Waals surface area contributed by atoms with E-state index in [1.165, 1.54) is 17.4 Å². The van der Waals surface area contributed by atoms with Gasteiger partial charge in [-0.1, -0.05) is 46.9 Å². The number of hydrogen-bond donors (Lipinski definition) is 3. The summed E-state index contributed by atoms with van der Waals surface area (Å²) in [6, 6.07) is 11.3. The van der Waals surface area contributed by atoms with Gasteiger partial charge >= 0.3 is 0 Å². The van der Waals surface area contributed by atoms with E-state index in [0.29, 0.717) is 16.3 Å². The van der Waals surface area contributed by atoms with Crippen molar-refractivity contribution < 1.29 is 14.7 Å². The molecule has 0 fully saturated rings. The largest absolute Gasteiger partial charge is 0.505 e. The van der Waals surface area contributed by atoms with Crippen molar-refractivity contribution in [1.82, 2.24) is 0 Å². The smallest absolute Gasteiger partial charge is 0.265 e. The number of aromatic hydroxyl groups is 1. The summed E-state index contributed by atoms with van der Waals surface area (Å²) in [6.45, 7) is 0. The molecule has 3 aromatic rings. The minimum absolute atomic E-state index is 0.0431. The fourth-order valence-corrected chi connectivity index (χ4v) is 3.57. The van der Waals surface area contributed by atoms with Gasteiger partial charge in [-0.25, -0.2) is 0 Å². The maximum Gasteiger partial charge on any atom is 0.265 e. The van der Waals surface area contributed by atoms with Gasteiger partial charge in [-0.3, -0.25) is 9.59 Å². The molecule has 3 N–H and O–H groups in total. The fraction of sp³-hybridized carbons (Fsp3) is 0. The van der Waals surface area contributed by atoms with Crippen LogP contribution < -0.4 is 10.6 Å². The van der Waals surface area contributed by atoms with E-state index in [9.17, 15) is 14.7 Å². The first kappa shape index (κ1) is 19.5. The Hall–Kier alpha value is -2.25. The van der Waals surface area contributed by atoms with Gasteiger partial charge in [-0.05, 0) is 35.7 Å². The van der Waals surface area contributed by atoms with E-state index in [4.69, 9.17) is 34.8 Å². The standard InChI is InChI=1S/C18H11Cl3N2O3S/c19-11-8-12(20)16(24)14(15(11)21)18(26)23-10-4-1-3-9(7-10)22-17(25)13-5-2-6-27-13/h1-8,24H,(H,22,25)(H,23,26). The van der Waals surface area contributed by atoms with Crippen LogP contribution in [0.5, 0.6) is 5.75 Å². The number of hydrogen-bond acceptors (Lipinski definition) is 4. The summed E-state index contributed by atoms with van der Waals surface area (Å²) in [4.78, 5) is 25.2. The highest BCUT2D eigenvalue weighted by atomic mass is 35.5. The number of phenolic OH excluding ortho intramolecular Hbond substituents is 1. The number of carbonyl (C=O) groups excluding carboxylic acids is 2. The van der Waals surface area contributed by atoms with Gasteiger partial charge in [-0.15, -0.1) is 11.3 Å². The van der Waals surface area contributed by atoms with E-state index in [1.54, 1.807) is 41.8 Å². The molecule has 0 aliphatic heterocycles. The Morgan fingerprint density at radius 2 is 1.56 bits per heavy atom. The third kappa shape index (κ3) is 4.36. The van der Waals surface area contributed by atoms with Crippen molar-refractivity contribution in [3.63, 3.8) is 0 Å². The molecule has 1 heterocycles. The lowest BCUT2D eigenvalue weighted by Gasteiger charge is -2.12. The van der Waals surface area contributed by atoms with E-state index in [0.717, 1.165) is 0 Å². The zero-order valence-corrected chi connectivity index (χ0v) is 16.5. The average Bonchev–Trinajstić information content (AvgIpc) is 3.15. The molecular weight excluding hydrogens is 431 g/mol. The van der Waals surface area contributed by atoms with Crippen molar-refractivity contribution >= 4 is 69.3 Å². The molecule has 0 aliphatic rings. The summed E-state index contributed by atoms with van der Waals surface area (Å²) in [5.74, 6) is -1.41. The summed E-state index contributed by atoms with van der Waals surface area (Å²) in [5.41, 5.74) is 0.642. The van der Waals surface area contributed by atoms with Gasteiger partial charge in [0.25, 0.3) is 11.8 Å². The molecule has 0 saturated carbocycles. The molecule has 2 aromatic carbocycles. The number of rotatable bonds is 4. The summed E-state index contributed by atoms with van der Waals surface area (Å²) in [7, 11) is 0. The Bertz CT molecular complexity index is 997. The number of phenols is 1. The van der Waals surface area contributed by atoms with Crippen LogP contribution in [-0.2, 0) is 0 Å². The highest BCUT2D eigenvalue weighted by Gasteiger charge is 2.21. The van der Waals surface area contributed by atoms with Gasteiger partial charge in [0.05, 0.1) is 19.9 Å². The molecule has 0 saturated heterocycles. The molecule has 27 heavy (non-hydrogen) atoms. The van der Waals surface area contributed by atoms with Gasteiger partial charge in [0.2, 0.25) is 0 Å². The number of nitrogens with one attached hydrogen (secondary N) is 2. The molecular formula is C18H11Cl3N2O3S. The van der Waals surface area contributed by atoms with Crippen LogP contribution in [0.2, 0.25) is 15.1 Å². The van der Waals surface area contributed by atoms with Crippen molar-refractivity contribution in [1.29, 1.82) is 0 Å². The fourth-order valence-electron chi connectivity index (χ4n) is 2.26. The Morgan fingerprint density at radius 3 is 2.19 bits per heavy atom. The molecule has 0 bridgehead atoms. The van der Waals surface area contributed by atoms with Gasteiger partial charge in [0, 0.05) is 11.4 Å². The number of benzene rings is 2. The summed E-state index contributed by atoms with van der Waals surface area (Å²) in [5, 5.41) is 17.0. The lowest BCUT2D eigenvalue weighted by Crippen LogP contribution is -2.14. The predicted molar refractivity (Wildman–Crippen MR) is 110 cm³/mol. The Labute approximate surface area is 173 Å². The zero-order chi connectivity index (χ0) is 19.6. The van der Waals surface area contributed by atoms with Crippen LogP contribution >= 0.6 is 46.1 Å². The topological polar surface area (TPSA) is 78.4 Å². The number of amides is 2. The summed E-state index contributed by atoms with van der Waals surface area (Å²) < 4.78 is 0. The average molecular weight is 442 g/mol. The van der Waals surface area contributed by atoms with Crippen molar-refractivity contribution in [3.05, 3.63) is 73.4 Å². The van der Waals surface area contributed by atoms with Crippen molar-refractivity contribution in [2.45, 2.75) is 0 Å². The second kappa shape index (κ2) is 8.19. The molecule has 138 valence electrons. The molecule has 1 aromatic heterocycles. The van der Waals surface area contributed by atoms with Crippen molar-refractivity contribution in [2.24, 2.45) is 0 Å². The summed E-state index contributed by atoms with van der Waals surface area (Å²) in [6.07, 6.45) is 0. The van der Waals surface area contributed by atoms with Gasteiger partial charge in [0.15, 0.2) is 0 Å². The molecule has 3 rings (SSSR count). The van der Waals surface area contributed by atoms with E-state index >= 15 is 0 Å². The van der Waals surface area contributed by atoms with Crippen LogP contribution in [0, 0.1) is 0 Å². The second-order valence-corrected chi connectivity index (χ2v) is 7.48. The first-order chi connectivity index (χ1) is 12.9. The quantitative estimate of drug-likeness (QED) is 0.440. The molecule has 0 unspecified atom stereocenters. The minimum atomic E-state index is -0.691. The Kier molecular flexibility index (Phi) is 5.92. The van der Waals surface area contributed by atoms with Crippen LogP contribution in [-0.4, -0.2) is 16.9 Å². The SMILES string of the molecule is O=C(Nc1cccc(NC(=O)c2c(O)c(Cl)cc(Cl)c2Cl)c1)c1cccs1. The molecule has 2 amide bonds. The van der Waals surface area contributed by atoms with E-state index in [-0.39, 0.29) is 26.5 Å². The first-order valence-electron chi connectivity index (χ1n) is 7.49. The third-order valence-corrected chi connectivity index (χ3v) is 5.44. The third-order valence-electron chi connectivity index (χ3n) is 3.50. The Balaban J connectivity index is 1.81. The lowest BCUT2D eigenvalue weighted by molar-refractivity contribution is 0.101. The molecule has 0 atom stereocenters. The van der Waals surface area contributed by atoms with E-state index in [1.807, 2.05) is 0 Å². The normalized spacial score (nSPS) is 10.5. The van der Waals surface area contributed by atoms with Crippen LogP contribution in [0.25, 0.3) is 0 Å². The first-order valence-corrected chi connectivity index (χ1v) is 9.51. The minimum Gasteiger partial charge on any atom is -0.505 e. The maximum absolute atomic E-state index is 12.5. The highest BCUT2D eigenvalue weighted by Crippen LogP contribution is 2.38. The van der Waals surface area contributed by atoms with Crippen LogP contribution in [0.3, 0.4) is 0 Å². The van der Waals surface area contributed by atoms with E-state index in [2.05, 4.69) is 10.6 Å². The lowest BCUT2D eigenvalue weighted by atomic mass is 10.1. The van der Waals surface area contributed by atoms with Gasteiger partial charge in [0.1, 0.15) is 11.3 Å². The van der Waals surface area contributed by atoms with Crippen LogP contribution in [0.15, 0.2) is 47.8 Å². The van der Waals surface area contributed by atoms with Crippen LogP contribution in [0.4, 0.5) is 11.4 Å². The molecule has 0 spiro atoms. The maximum atomic E-state index is 12.5.